The number of hydrogen-bond acceptors (Lipinski definition) is 3. The first kappa shape index (κ1) is 21.1. The van der Waals surface area contributed by atoms with Crippen LogP contribution in [-0.2, 0) is 14.9 Å². The maximum Gasteiger partial charge on any atom is 0.266 e. The molecule has 0 saturated carbocycles. The van der Waals surface area contributed by atoms with E-state index in [1.807, 2.05) is 0 Å². The van der Waals surface area contributed by atoms with Gasteiger partial charge in [0.15, 0.2) is 0 Å². The predicted octanol–water partition coefficient (Wildman–Crippen LogP) is 3.47. The van der Waals surface area contributed by atoms with Crippen LogP contribution in [0, 0.1) is 0 Å². The first-order valence-electron chi connectivity index (χ1n) is 8.17. The summed E-state index contributed by atoms with van der Waals surface area (Å²) in [5, 5.41) is 2.61. The Hall–Kier alpha value is -0.880. The smallest absolute Gasteiger partial charge is 0.266 e. The summed E-state index contributed by atoms with van der Waals surface area (Å²) >= 11 is 0. The average molecular weight is 333 g/mol. The van der Waals surface area contributed by atoms with Crippen molar-refractivity contribution >= 4 is 16.0 Å². The highest BCUT2D eigenvalue weighted by atomic mass is 32.2. The normalized spacial score (nSPS) is 12.9. The van der Waals surface area contributed by atoms with Crippen molar-refractivity contribution in [2.75, 3.05) is 5.75 Å². The molecule has 1 unspecified atom stereocenters. The number of nitrogens with one attached hydrogen (secondary N) is 1. The SMILES string of the molecule is C=C(C)C(=O)NC(CCCCCCCCCC)CS(=O)(=O)O. The van der Waals surface area contributed by atoms with Crippen LogP contribution < -0.4 is 5.32 Å². The summed E-state index contributed by atoms with van der Waals surface area (Å²) in [4.78, 5) is 11.6. The van der Waals surface area contributed by atoms with Gasteiger partial charge in [-0.1, -0.05) is 64.9 Å². The van der Waals surface area contributed by atoms with Gasteiger partial charge >= 0.3 is 0 Å². The molecule has 0 aliphatic rings. The van der Waals surface area contributed by atoms with Crippen LogP contribution >= 0.6 is 0 Å². The molecule has 0 aliphatic carbocycles. The Morgan fingerprint density at radius 1 is 1.09 bits per heavy atom. The van der Waals surface area contributed by atoms with Gasteiger partial charge in [-0.2, -0.15) is 8.42 Å². The molecule has 22 heavy (non-hydrogen) atoms. The van der Waals surface area contributed by atoms with Gasteiger partial charge in [-0.25, -0.2) is 0 Å². The number of amides is 1. The predicted molar refractivity (Wildman–Crippen MR) is 90.4 cm³/mol. The van der Waals surface area contributed by atoms with Crippen LogP contribution in [-0.4, -0.2) is 30.7 Å². The molecule has 0 aromatic rings. The van der Waals surface area contributed by atoms with Gasteiger partial charge in [0.25, 0.3) is 10.1 Å². The summed E-state index contributed by atoms with van der Waals surface area (Å²) < 4.78 is 31.0. The highest BCUT2D eigenvalue weighted by Gasteiger charge is 2.18. The van der Waals surface area contributed by atoms with E-state index in [-0.39, 0.29) is 5.91 Å². The Morgan fingerprint density at radius 3 is 2.05 bits per heavy atom. The number of unbranched alkanes of at least 4 members (excludes halogenated alkanes) is 7. The lowest BCUT2D eigenvalue weighted by Crippen LogP contribution is -2.40. The summed E-state index contributed by atoms with van der Waals surface area (Å²) in [5.74, 6) is -0.809. The fraction of sp³-hybridized carbons (Fsp3) is 0.812. The highest BCUT2D eigenvalue weighted by Crippen LogP contribution is 2.11. The molecule has 2 N–H and O–H groups in total. The van der Waals surface area contributed by atoms with Crippen LogP contribution in [0.4, 0.5) is 0 Å². The van der Waals surface area contributed by atoms with E-state index in [2.05, 4.69) is 18.8 Å². The van der Waals surface area contributed by atoms with Crippen LogP contribution in [0.5, 0.6) is 0 Å². The van der Waals surface area contributed by atoms with Gasteiger partial charge in [-0.15, -0.1) is 0 Å². The Balaban J connectivity index is 4.03. The van der Waals surface area contributed by atoms with E-state index in [1.54, 1.807) is 6.92 Å². The molecule has 0 aromatic carbocycles. The quantitative estimate of drug-likeness (QED) is 0.307. The summed E-state index contributed by atoms with van der Waals surface area (Å²) in [6.07, 6.45) is 9.75. The van der Waals surface area contributed by atoms with Crippen molar-refractivity contribution in [1.82, 2.24) is 5.32 Å². The molecule has 0 heterocycles. The third kappa shape index (κ3) is 12.8. The van der Waals surface area contributed by atoms with Crippen LogP contribution in [0.15, 0.2) is 12.2 Å². The first-order chi connectivity index (χ1) is 10.3. The maximum atomic E-state index is 11.6. The number of rotatable bonds is 13. The van der Waals surface area contributed by atoms with E-state index in [9.17, 15) is 13.2 Å². The monoisotopic (exact) mass is 333 g/mol. The van der Waals surface area contributed by atoms with Gasteiger partial charge in [-0.3, -0.25) is 9.35 Å². The fourth-order valence-electron chi connectivity index (χ4n) is 2.28. The Bertz CT molecular complexity index is 431. The molecule has 1 atom stereocenters. The lowest BCUT2D eigenvalue weighted by atomic mass is 10.0. The molecular formula is C16H31NO4S. The van der Waals surface area contributed by atoms with Crippen LogP contribution in [0.2, 0.25) is 0 Å². The lowest BCUT2D eigenvalue weighted by Gasteiger charge is -2.17. The molecule has 0 saturated heterocycles. The third-order valence-corrected chi connectivity index (χ3v) is 4.36. The van der Waals surface area contributed by atoms with Crippen LogP contribution in [0.25, 0.3) is 0 Å². The molecule has 0 radical (unpaired) electrons. The van der Waals surface area contributed by atoms with E-state index in [0.717, 1.165) is 19.3 Å². The van der Waals surface area contributed by atoms with E-state index in [4.69, 9.17) is 4.55 Å². The van der Waals surface area contributed by atoms with Gasteiger partial charge in [-0.05, 0) is 13.3 Å². The van der Waals surface area contributed by atoms with E-state index < -0.39 is 21.9 Å². The molecule has 0 rings (SSSR count). The maximum absolute atomic E-state index is 11.6. The summed E-state index contributed by atoms with van der Waals surface area (Å²) in [6.45, 7) is 7.28. The zero-order valence-electron chi connectivity index (χ0n) is 13.9. The van der Waals surface area contributed by atoms with E-state index in [1.165, 1.54) is 32.1 Å². The Morgan fingerprint density at radius 2 is 1.59 bits per heavy atom. The van der Waals surface area contributed by atoms with Gasteiger partial charge in [0.1, 0.15) is 0 Å². The van der Waals surface area contributed by atoms with Crippen molar-refractivity contribution in [2.24, 2.45) is 0 Å². The second-order valence-electron chi connectivity index (χ2n) is 5.96. The lowest BCUT2D eigenvalue weighted by molar-refractivity contribution is -0.118. The van der Waals surface area contributed by atoms with E-state index in [0.29, 0.717) is 12.0 Å². The Labute approximate surface area is 135 Å². The molecule has 0 bridgehead atoms. The van der Waals surface area contributed by atoms with E-state index >= 15 is 0 Å². The minimum atomic E-state index is -4.10. The molecular weight excluding hydrogens is 302 g/mol. The summed E-state index contributed by atoms with van der Waals surface area (Å²) in [6, 6.07) is -0.556. The minimum absolute atomic E-state index is 0.330. The molecule has 130 valence electrons. The van der Waals surface area contributed by atoms with Crippen molar-refractivity contribution in [2.45, 2.75) is 77.7 Å². The molecule has 0 aliphatic heterocycles. The summed E-state index contributed by atoms with van der Waals surface area (Å²) in [5.41, 5.74) is 0.330. The molecule has 0 aromatic heterocycles. The average Bonchev–Trinajstić information content (AvgIpc) is 2.39. The van der Waals surface area contributed by atoms with Crippen molar-refractivity contribution in [3.05, 3.63) is 12.2 Å². The standard InChI is InChI=1S/C16H31NO4S/c1-4-5-6-7-8-9-10-11-12-15(13-22(19,20)21)17-16(18)14(2)3/h15H,2,4-13H2,1,3H3,(H,17,18)(H,19,20,21). The Kier molecular flexibility index (Phi) is 11.2. The second kappa shape index (κ2) is 11.7. The molecule has 0 spiro atoms. The minimum Gasteiger partial charge on any atom is -0.348 e. The number of carbonyl (C=O) groups excluding carboxylic acids is 1. The summed E-state index contributed by atoms with van der Waals surface area (Å²) in [7, 11) is -4.10. The van der Waals surface area contributed by atoms with Crippen molar-refractivity contribution in [3.8, 4) is 0 Å². The molecule has 5 nitrogen and oxygen atoms in total. The van der Waals surface area contributed by atoms with Gasteiger partial charge in [0, 0.05) is 11.6 Å². The third-order valence-electron chi connectivity index (χ3n) is 3.54. The largest absolute Gasteiger partial charge is 0.348 e. The first-order valence-corrected chi connectivity index (χ1v) is 9.78. The van der Waals surface area contributed by atoms with Gasteiger partial charge in [0.2, 0.25) is 5.91 Å². The number of carbonyl (C=O) groups is 1. The highest BCUT2D eigenvalue weighted by molar-refractivity contribution is 7.85. The zero-order valence-corrected chi connectivity index (χ0v) is 14.8. The van der Waals surface area contributed by atoms with Gasteiger partial charge < -0.3 is 5.32 Å². The number of hydrogen-bond donors (Lipinski definition) is 2. The van der Waals surface area contributed by atoms with Crippen molar-refractivity contribution < 1.29 is 17.8 Å². The second-order valence-corrected chi connectivity index (χ2v) is 7.46. The molecule has 6 heteroatoms. The molecule has 1 amide bonds. The van der Waals surface area contributed by atoms with Crippen molar-refractivity contribution in [1.29, 1.82) is 0 Å². The fourth-order valence-corrected chi connectivity index (χ4v) is 3.04. The topological polar surface area (TPSA) is 83.5 Å². The zero-order chi connectivity index (χ0) is 17.0. The molecule has 0 fully saturated rings. The van der Waals surface area contributed by atoms with Crippen LogP contribution in [0.1, 0.15) is 71.6 Å². The van der Waals surface area contributed by atoms with Crippen molar-refractivity contribution in [3.63, 3.8) is 0 Å². The van der Waals surface area contributed by atoms with Crippen LogP contribution in [0.3, 0.4) is 0 Å². The van der Waals surface area contributed by atoms with Gasteiger partial charge in [0.05, 0.1) is 5.75 Å².